The van der Waals surface area contributed by atoms with Gasteiger partial charge in [0.25, 0.3) is 0 Å². The van der Waals surface area contributed by atoms with E-state index in [2.05, 4.69) is 34.1 Å². The summed E-state index contributed by atoms with van der Waals surface area (Å²) in [5.41, 5.74) is 0. The van der Waals surface area contributed by atoms with Gasteiger partial charge in [0.15, 0.2) is 0 Å². The number of nitrogens with one attached hydrogen (secondary N) is 1. The van der Waals surface area contributed by atoms with Crippen LogP contribution in [-0.4, -0.2) is 98.4 Å². The van der Waals surface area contributed by atoms with Gasteiger partial charge in [0.2, 0.25) is 0 Å². The van der Waals surface area contributed by atoms with Gasteiger partial charge in [-0.1, -0.05) is 0 Å². The van der Waals surface area contributed by atoms with Gasteiger partial charge >= 0.3 is 0 Å². The lowest BCUT2D eigenvalue weighted by Crippen LogP contribution is -2.50. The van der Waals surface area contributed by atoms with E-state index in [1.54, 1.807) is 0 Å². The first-order chi connectivity index (χ1) is 8.63. The van der Waals surface area contributed by atoms with Crippen molar-refractivity contribution in [1.82, 2.24) is 20.0 Å². The van der Waals surface area contributed by atoms with Gasteiger partial charge in [-0.2, -0.15) is 0 Å². The minimum absolute atomic E-state index is 0.128. The first-order valence-corrected chi connectivity index (χ1v) is 7.14. The number of aliphatic hydroxyl groups is 1. The maximum atomic E-state index is 9.50. The molecule has 2 saturated heterocycles. The van der Waals surface area contributed by atoms with E-state index >= 15 is 0 Å². The molecule has 0 saturated carbocycles. The van der Waals surface area contributed by atoms with Crippen LogP contribution in [0.1, 0.15) is 6.42 Å². The first-order valence-electron chi connectivity index (χ1n) is 7.14. The zero-order valence-electron chi connectivity index (χ0n) is 11.8. The molecular formula is C13H28N4O. The summed E-state index contributed by atoms with van der Waals surface area (Å²) in [6.45, 7) is 8.90. The molecule has 106 valence electrons. The Bertz CT molecular complexity index is 241. The van der Waals surface area contributed by atoms with E-state index in [0.717, 1.165) is 26.1 Å². The molecule has 2 fully saturated rings. The second-order valence-corrected chi connectivity index (χ2v) is 5.94. The second-order valence-electron chi connectivity index (χ2n) is 5.94. The predicted octanol–water partition coefficient (Wildman–Crippen LogP) is -1.11. The van der Waals surface area contributed by atoms with E-state index in [4.69, 9.17) is 0 Å². The zero-order valence-corrected chi connectivity index (χ0v) is 11.8. The molecule has 5 heteroatoms. The molecule has 5 nitrogen and oxygen atoms in total. The molecule has 0 amide bonds. The number of likely N-dealkylation sites (N-methyl/N-ethyl adjacent to an activating group) is 1. The van der Waals surface area contributed by atoms with Crippen molar-refractivity contribution in [2.24, 2.45) is 0 Å². The van der Waals surface area contributed by atoms with E-state index in [9.17, 15) is 5.11 Å². The van der Waals surface area contributed by atoms with Gasteiger partial charge in [0, 0.05) is 58.4 Å². The molecule has 2 heterocycles. The molecule has 2 aliphatic rings. The molecule has 0 aromatic carbocycles. The molecule has 0 aliphatic carbocycles. The molecule has 0 aromatic heterocycles. The maximum absolute atomic E-state index is 9.50. The smallest absolute Gasteiger partial charge is 0.0680 e. The van der Waals surface area contributed by atoms with Gasteiger partial charge in [-0.05, 0) is 20.5 Å². The van der Waals surface area contributed by atoms with Crippen molar-refractivity contribution < 1.29 is 5.11 Å². The maximum Gasteiger partial charge on any atom is 0.0680 e. The van der Waals surface area contributed by atoms with Crippen molar-refractivity contribution >= 4 is 0 Å². The van der Waals surface area contributed by atoms with E-state index < -0.39 is 0 Å². The predicted molar refractivity (Wildman–Crippen MR) is 73.8 cm³/mol. The third-order valence-corrected chi connectivity index (χ3v) is 4.01. The number of nitrogens with zero attached hydrogens (tertiary/aromatic N) is 3. The van der Waals surface area contributed by atoms with Gasteiger partial charge in [-0.15, -0.1) is 0 Å². The number of piperazine rings is 1. The Morgan fingerprint density at radius 1 is 1.17 bits per heavy atom. The highest BCUT2D eigenvalue weighted by atomic mass is 16.3. The Hall–Kier alpha value is -0.200. The van der Waals surface area contributed by atoms with Crippen LogP contribution in [0.5, 0.6) is 0 Å². The Morgan fingerprint density at radius 2 is 1.83 bits per heavy atom. The highest BCUT2D eigenvalue weighted by Crippen LogP contribution is 2.10. The summed E-state index contributed by atoms with van der Waals surface area (Å²) in [7, 11) is 4.26. The first kappa shape index (κ1) is 14.2. The zero-order chi connectivity index (χ0) is 13.0. The molecule has 0 aromatic rings. The standard InChI is InChI=1S/C13H28N4O/c1-15(2)3-4-16-5-7-17(8-6-16)11-12-9-13(18)10-14-12/h12-14,18H,3-11H2,1-2H3. The monoisotopic (exact) mass is 256 g/mol. The van der Waals surface area contributed by atoms with Gasteiger partial charge in [0.1, 0.15) is 0 Å². The molecule has 2 atom stereocenters. The SMILES string of the molecule is CN(C)CCN1CCN(CC2CC(O)CN2)CC1. The minimum Gasteiger partial charge on any atom is -0.392 e. The molecule has 2 unspecified atom stereocenters. The van der Waals surface area contributed by atoms with Crippen LogP contribution in [0.15, 0.2) is 0 Å². The van der Waals surface area contributed by atoms with Gasteiger partial charge in [0.05, 0.1) is 6.10 Å². The lowest BCUT2D eigenvalue weighted by atomic mass is 10.2. The van der Waals surface area contributed by atoms with E-state index in [1.165, 1.54) is 32.7 Å². The fraction of sp³-hybridized carbons (Fsp3) is 1.00. The largest absolute Gasteiger partial charge is 0.392 e. The third-order valence-electron chi connectivity index (χ3n) is 4.01. The quantitative estimate of drug-likeness (QED) is 0.653. The van der Waals surface area contributed by atoms with Crippen LogP contribution >= 0.6 is 0 Å². The third kappa shape index (κ3) is 4.48. The number of hydrogen-bond acceptors (Lipinski definition) is 5. The van der Waals surface area contributed by atoms with E-state index in [-0.39, 0.29) is 6.10 Å². The van der Waals surface area contributed by atoms with Crippen molar-refractivity contribution in [3.05, 3.63) is 0 Å². The molecule has 18 heavy (non-hydrogen) atoms. The normalized spacial score (nSPS) is 31.3. The summed E-state index contributed by atoms with van der Waals surface area (Å²) in [5.74, 6) is 0. The van der Waals surface area contributed by atoms with Gasteiger partial charge in [-0.25, -0.2) is 0 Å². The van der Waals surface area contributed by atoms with Crippen molar-refractivity contribution in [2.75, 3.05) is 66.5 Å². The summed E-state index contributed by atoms with van der Waals surface area (Å²) in [5, 5.41) is 12.9. The number of aliphatic hydroxyl groups excluding tert-OH is 1. The molecular weight excluding hydrogens is 228 g/mol. The van der Waals surface area contributed by atoms with Crippen molar-refractivity contribution in [1.29, 1.82) is 0 Å². The topological polar surface area (TPSA) is 42.0 Å². The lowest BCUT2D eigenvalue weighted by molar-refractivity contribution is 0.116. The average molecular weight is 256 g/mol. The van der Waals surface area contributed by atoms with Crippen molar-refractivity contribution in [3.63, 3.8) is 0 Å². The molecule has 0 spiro atoms. The summed E-state index contributed by atoms with van der Waals surface area (Å²) >= 11 is 0. The van der Waals surface area contributed by atoms with Crippen LogP contribution in [0.2, 0.25) is 0 Å². The summed E-state index contributed by atoms with van der Waals surface area (Å²) < 4.78 is 0. The van der Waals surface area contributed by atoms with E-state index in [1.807, 2.05) is 0 Å². The lowest BCUT2D eigenvalue weighted by Gasteiger charge is -2.36. The fourth-order valence-corrected chi connectivity index (χ4v) is 2.79. The van der Waals surface area contributed by atoms with Crippen LogP contribution in [0.3, 0.4) is 0 Å². The van der Waals surface area contributed by atoms with Crippen molar-refractivity contribution in [2.45, 2.75) is 18.6 Å². The molecule has 0 radical (unpaired) electrons. The molecule has 2 N–H and O–H groups in total. The molecule has 0 bridgehead atoms. The summed E-state index contributed by atoms with van der Waals surface area (Å²) in [6.07, 6.45) is 0.789. The highest BCUT2D eigenvalue weighted by molar-refractivity contribution is 4.85. The highest BCUT2D eigenvalue weighted by Gasteiger charge is 2.25. The van der Waals surface area contributed by atoms with Gasteiger partial charge < -0.3 is 15.3 Å². The fourth-order valence-electron chi connectivity index (χ4n) is 2.79. The molecule has 2 rings (SSSR count). The molecule has 2 aliphatic heterocycles. The number of β-amino-alcohol motifs (C(OH)–C–C–N with tert-alkyl or cyclic N) is 1. The second kappa shape index (κ2) is 6.82. The van der Waals surface area contributed by atoms with Crippen molar-refractivity contribution in [3.8, 4) is 0 Å². The Labute approximate surface area is 111 Å². The van der Waals surface area contributed by atoms with Crippen LogP contribution in [0, 0.1) is 0 Å². The van der Waals surface area contributed by atoms with Crippen LogP contribution in [0.25, 0.3) is 0 Å². The Kier molecular flexibility index (Phi) is 5.38. The average Bonchev–Trinajstić information content (AvgIpc) is 2.74. The van der Waals surface area contributed by atoms with Gasteiger partial charge in [-0.3, -0.25) is 9.80 Å². The Balaban J connectivity index is 1.61. The number of hydrogen-bond donors (Lipinski definition) is 2. The minimum atomic E-state index is -0.128. The summed E-state index contributed by atoms with van der Waals surface area (Å²) in [6, 6.07) is 0.494. The number of rotatable bonds is 5. The summed E-state index contributed by atoms with van der Waals surface area (Å²) in [4.78, 5) is 7.32. The van der Waals surface area contributed by atoms with E-state index in [0.29, 0.717) is 6.04 Å². The van der Waals surface area contributed by atoms with Crippen LogP contribution in [-0.2, 0) is 0 Å². The Morgan fingerprint density at radius 3 is 2.39 bits per heavy atom. The van der Waals surface area contributed by atoms with Crippen LogP contribution in [0.4, 0.5) is 0 Å². The van der Waals surface area contributed by atoms with Crippen LogP contribution < -0.4 is 5.32 Å².